The van der Waals surface area contributed by atoms with Gasteiger partial charge in [-0.15, -0.1) is 0 Å². The van der Waals surface area contributed by atoms with Gasteiger partial charge in [0.05, 0.1) is 0 Å². The fraction of sp³-hybridized carbons (Fsp3) is 0.407. The third-order valence-corrected chi connectivity index (χ3v) is 5.26. The van der Waals surface area contributed by atoms with Gasteiger partial charge in [0.1, 0.15) is 0 Å². The molecule has 0 aromatic heterocycles. The molecule has 4 heteroatoms. The number of carbonyl (C=O) groups is 2. The molecule has 0 radical (unpaired) electrons. The van der Waals surface area contributed by atoms with Gasteiger partial charge in [-0.2, -0.15) is 0 Å². The number of hydrogen-bond acceptors (Lipinski definition) is 3. The highest BCUT2D eigenvalue weighted by Crippen LogP contribution is 2.37. The number of allylic oxidation sites excluding steroid dienone is 1. The Morgan fingerprint density at radius 2 is 1.74 bits per heavy atom. The van der Waals surface area contributed by atoms with E-state index in [1.165, 1.54) is 43.9 Å². The first-order valence-electron chi connectivity index (χ1n) is 11.0. The zero-order valence-electron chi connectivity index (χ0n) is 19.3. The van der Waals surface area contributed by atoms with E-state index in [1.807, 2.05) is 12.1 Å². The Labute approximate surface area is 186 Å². The van der Waals surface area contributed by atoms with Crippen molar-refractivity contribution in [2.45, 2.75) is 72.1 Å². The molecular weight excluding hydrogens is 391 g/mol. The molecule has 0 N–H and O–H groups in total. The van der Waals surface area contributed by atoms with Crippen LogP contribution in [0.5, 0.6) is 5.75 Å². The molecular formula is C27H35FO3. The predicted octanol–water partition coefficient (Wildman–Crippen LogP) is 7.47. The predicted molar refractivity (Wildman–Crippen MR) is 127 cm³/mol. The molecule has 0 saturated carbocycles. The Hall–Kier alpha value is -2.75. The number of hydrogen-bond donors (Lipinski definition) is 0. The number of rotatable bonds is 10. The van der Waals surface area contributed by atoms with Crippen LogP contribution in [0.25, 0.3) is 10.8 Å². The number of ether oxygens (including phenoxy) is 1. The van der Waals surface area contributed by atoms with Gasteiger partial charge in [0, 0.05) is 11.5 Å². The van der Waals surface area contributed by atoms with Gasteiger partial charge in [-0.1, -0.05) is 71.4 Å². The second-order valence-corrected chi connectivity index (χ2v) is 7.72. The lowest BCUT2D eigenvalue weighted by Crippen LogP contribution is -2.07. The van der Waals surface area contributed by atoms with Crippen molar-refractivity contribution in [1.29, 1.82) is 0 Å². The summed E-state index contributed by atoms with van der Waals surface area (Å²) in [7, 11) is 0. The van der Waals surface area contributed by atoms with Crippen LogP contribution in [0.1, 0.15) is 76.8 Å². The lowest BCUT2D eigenvalue weighted by atomic mass is 9.90. The first-order chi connectivity index (χ1) is 14.8. The van der Waals surface area contributed by atoms with E-state index in [-0.39, 0.29) is 17.5 Å². The molecule has 0 bridgehead atoms. The van der Waals surface area contributed by atoms with E-state index in [9.17, 15) is 14.0 Å². The summed E-state index contributed by atoms with van der Waals surface area (Å²) in [5.41, 5.74) is 2.21. The van der Waals surface area contributed by atoms with Crippen LogP contribution in [0.3, 0.4) is 0 Å². The van der Waals surface area contributed by atoms with Gasteiger partial charge in [0.2, 0.25) is 0 Å². The third-order valence-electron chi connectivity index (χ3n) is 5.26. The van der Waals surface area contributed by atoms with E-state index >= 15 is 0 Å². The number of fused-ring (bicyclic) bond motifs is 1. The molecule has 0 fully saturated rings. The van der Waals surface area contributed by atoms with Crippen LogP contribution in [-0.2, 0) is 16.0 Å². The van der Waals surface area contributed by atoms with Crippen LogP contribution < -0.4 is 4.74 Å². The Kier molecular flexibility index (Phi) is 11.5. The zero-order chi connectivity index (χ0) is 23.4. The topological polar surface area (TPSA) is 43.4 Å². The second kappa shape index (κ2) is 13.5. The van der Waals surface area contributed by atoms with Gasteiger partial charge in [0.15, 0.2) is 17.3 Å². The smallest absolute Gasteiger partial charge is 0.335 e. The first kappa shape index (κ1) is 26.3. The monoisotopic (exact) mass is 426 g/mol. The highest BCUT2D eigenvalue weighted by Gasteiger charge is 2.18. The maximum Gasteiger partial charge on any atom is 0.335 e. The highest BCUT2D eigenvalue weighted by atomic mass is 19.1. The van der Waals surface area contributed by atoms with Gasteiger partial charge >= 0.3 is 5.97 Å². The van der Waals surface area contributed by atoms with Crippen LogP contribution in [0.15, 0.2) is 49.6 Å². The molecule has 31 heavy (non-hydrogen) atoms. The average Bonchev–Trinajstić information content (AvgIpc) is 2.77. The summed E-state index contributed by atoms with van der Waals surface area (Å²) in [5, 5.41) is 1.62. The van der Waals surface area contributed by atoms with Crippen LogP contribution in [0.2, 0.25) is 0 Å². The van der Waals surface area contributed by atoms with E-state index < -0.39 is 11.8 Å². The number of aryl methyl sites for hydroxylation is 1. The summed E-state index contributed by atoms with van der Waals surface area (Å²) in [5.74, 6) is -0.908. The van der Waals surface area contributed by atoms with Gasteiger partial charge < -0.3 is 4.74 Å². The van der Waals surface area contributed by atoms with Crippen molar-refractivity contribution in [3.8, 4) is 5.75 Å². The molecule has 0 aliphatic rings. The van der Waals surface area contributed by atoms with Gasteiger partial charge in [-0.05, 0) is 60.8 Å². The number of esters is 1. The minimum absolute atomic E-state index is 0.00511. The first-order valence-corrected chi connectivity index (χ1v) is 11.0. The van der Waals surface area contributed by atoms with Crippen molar-refractivity contribution in [3.05, 3.63) is 66.5 Å². The maximum absolute atomic E-state index is 14.6. The molecule has 0 amide bonds. The van der Waals surface area contributed by atoms with Crippen molar-refractivity contribution in [3.63, 3.8) is 0 Å². The fourth-order valence-electron chi connectivity index (χ4n) is 3.22. The van der Waals surface area contributed by atoms with Crippen LogP contribution in [0.4, 0.5) is 4.39 Å². The molecule has 2 rings (SSSR count). The quantitative estimate of drug-likeness (QED) is 0.171. The highest BCUT2D eigenvalue weighted by molar-refractivity contribution is 5.95. The molecule has 0 aliphatic carbocycles. The van der Waals surface area contributed by atoms with E-state index in [4.69, 9.17) is 4.74 Å². The average molecular weight is 427 g/mol. The molecule has 1 unspecified atom stereocenters. The van der Waals surface area contributed by atoms with Crippen LogP contribution in [0, 0.1) is 5.82 Å². The Bertz CT molecular complexity index is 914. The number of carbonyl (C=O) groups excluding carboxylic acids is 2. The fourth-order valence-corrected chi connectivity index (χ4v) is 3.22. The zero-order valence-corrected chi connectivity index (χ0v) is 19.3. The Balaban J connectivity index is 0.000000861. The molecule has 2 aromatic carbocycles. The molecule has 1 atom stereocenters. The summed E-state index contributed by atoms with van der Waals surface area (Å²) in [6.07, 6.45) is 9.09. The summed E-state index contributed by atoms with van der Waals surface area (Å²) in [4.78, 5) is 21.3. The van der Waals surface area contributed by atoms with Crippen molar-refractivity contribution >= 4 is 22.5 Å². The Morgan fingerprint density at radius 3 is 2.29 bits per heavy atom. The molecule has 2 aromatic rings. The van der Waals surface area contributed by atoms with Crippen LogP contribution >= 0.6 is 0 Å². The lowest BCUT2D eigenvalue weighted by Gasteiger charge is -2.17. The van der Waals surface area contributed by atoms with Gasteiger partial charge in [-0.3, -0.25) is 4.79 Å². The second-order valence-electron chi connectivity index (χ2n) is 7.72. The van der Waals surface area contributed by atoms with E-state index in [0.717, 1.165) is 36.3 Å². The van der Waals surface area contributed by atoms with E-state index in [2.05, 4.69) is 40.0 Å². The van der Waals surface area contributed by atoms with Crippen molar-refractivity contribution in [1.82, 2.24) is 0 Å². The number of unbranched alkanes of at least 4 members (excludes halogenated alkanes) is 3. The molecule has 0 aliphatic heterocycles. The number of ketones is 1. The summed E-state index contributed by atoms with van der Waals surface area (Å²) >= 11 is 0. The normalized spacial score (nSPS) is 11.3. The Morgan fingerprint density at radius 1 is 1.06 bits per heavy atom. The standard InChI is InChI=1S/C23H29FO2.C4H6O/c1-5-8-9-10-11-17-12-13-18-20(14-17)19(16(4)6-2)15-21(24)23(18)26-22(25)7-3;1-3-4(2)5/h7,12-16H,3,5-6,8-11H2,1-2,4H3;3H,1H2,2H3. The van der Waals surface area contributed by atoms with Gasteiger partial charge in [0.25, 0.3) is 0 Å². The van der Waals surface area contributed by atoms with Crippen molar-refractivity contribution in [2.24, 2.45) is 0 Å². The summed E-state index contributed by atoms with van der Waals surface area (Å²) in [6, 6.07) is 7.54. The molecule has 0 saturated heterocycles. The van der Waals surface area contributed by atoms with Crippen molar-refractivity contribution < 1.29 is 18.7 Å². The van der Waals surface area contributed by atoms with E-state index in [0.29, 0.717) is 5.39 Å². The minimum Gasteiger partial charge on any atom is -0.420 e. The third kappa shape index (κ3) is 8.12. The lowest BCUT2D eigenvalue weighted by molar-refractivity contribution is -0.129. The summed E-state index contributed by atoms with van der Waals surface area (Å²) in [6.45, 7) is 14.5. The molecule has 0 spiro atoms. The molecule has 0 heterocycles. The molecule has 3 nitrogen and oxygen atoms in total. The maximum atomic E-state index is 14.6. The largest absolute Gasteiger partial charge is 0.420 e. The summed E-state index contributed by atoms with van der Waals surface area (Å²) < 4.78 is 19.8. The number of benzene rings is 2. The minimum atomic E-state index is -0.648. The molecule has 168 valence electrons. The van der Waals surface area contributed by atoms with E-state index in [1.54, 1.807) is 0 Å². The van der Waals surface area contributed by atoms with Crippen molar-refractivity contribution in [2.75, 3.05) is 0 Å². The van der Waals surface area contributed by atoms with Crippen LogP contribution in [-0.4, -0.2) is 11.8 Å². The number of halogens is 1. The van der Waals surface area contributed by atoms with Gasteiger partial charge in [-0.25, -0.2) is 9.18 Å². The SMILES string of the molecule is C=CC(=O)Oc1c(F)cc(C(C)CC)c2cc(CCCCCC)ccc12.C=CC(C)=O.